The van der Waals surface area contributed by atoms with E-state index in [9.17, 15) is 14.9 Å². The number of amides is 1. The van der Waals surface area contributed by atoms with E-state index in [4.69, 9.17) is 4.98 Å². The summed E-state index contributed by atoms with van der Waals surface area (Å²) in [6.07, 6.45) is 1.73. The van der Waals surface area contributed by atoms with E-state index in [1.54, 1.807) is 16.9 Å². The molecule has 2 aromatic heterocycles. The molecule has 144 valence electrons. The predicted molar refractivity (Wildman–Crippen MR) is 110 cm³/mol. The van der Waals surface area contributed by atoms with Crippen molar-refractivity contribution in [3.8, 4) is 11.3 Å². The largest absolute Gasteiger partial charge is 0.322 e. The van der Waals surface area contributed by atoms with Gasteiger partial charge in [0.2, 0.25) is 0 Å². The molecule has 0 radical (unpaired) electrons. The smallest absolute Gasteiger partial charge is 0.269 e. The maximum Gasteiger partial charge on any atom is 0.269 e. The second-order valence-electron chi connectivity index (χ2n) is 6.60. The zero-order chi connectivity index (χ0) is 20.5. The Bertz CT molecular complexity index is 1250. The van der Waals surface area contributed by atoms with Gasteiger partial charge in [0.15, 0.2) is 0 Å². The average molecular weight is 387 g/mol. The second kappa shape index (κ2) is 7.16. The van der Waals surface area contributed by atoms with Crippen molar-refractivity contribution in [1.82, 2.24) is 14.8 Å². The first kappa shape index (κ1) is 18.3. The quantitative estimate of drug-likeness (QED) is 0.419. The van der Waals surface area contributed by atoms with Crippen molar-refractivity contribution in [2.24, 2.45) is 7.05 Å². The Hall–Kier alpha value is -4.07. The van der Waals surface area contributed by atoms with Crippen LogP contribution in [0.15, 0.2) is 60.8 Å². The van der Waals surface area contributed by atoms with Gasteiger partial charge < -0.3 is 5.32 Å². The molecule has 0 fully saturated rings. The minimum Gasteiger partial charge on any atom is -0.322 e. The number of hydrogen-bond acceptors (Lipinski definition) is 5. The predicted octanol–water partition coefficient (Wildman–Crippen LogP) is 4.10. The number of aromatic nitrogens is 3. The molecule has 0 atom stereocenters. The van der Waals surface area contributed by atoms with E-state index >= 15 is 0 Å². The van der Waals surface area contributed by atoms with Crippen LogP contribution in [0.25, 0.3) is 22.2 Å². The summed E-state index contributed by atoms with van der Waals surface area (Å²) in [6, 6.07) is 14.9. The lowest BCUT2D eigenvalue weighted by molar-refractivity contribution is -0.384. The Morgan fingerprint density at radius 1 is 1.14 bits per heavy atom. The summed E-state index contributed by atoms with van der Waals surface area (Å²) in [6.45, 7) is 1.94. The third-order valence-corrected chi connectivity index (χ3v) is 4.81. The van der Waals surface area contributed by atoms with Gasteiger partial charge >= 0.3 is 0 Å². The highest BCUT2D eigenvalue weighted by atomic mass is 16.6. The lowest BCUT2D eigenvalue weighted by Gasteiger charge is -2.10. The molecular formula is C21H17N5O3. The number of nitrogens with zero attached hydrogens (tertiary/aromatic N) is 4. The third kappa shape index (κ3) is 3.43. The van der Waals surface area contributed by atoms with Gasteiger partial charge in [-0.15, -0.1) is 0 Å². The number of carbonyl (C=O) groups is 1. The third-order valence-electron chi connectivity index (χ3n) is 4.81. The highest BCUT2D eigenvalue weighted by molar-refractivity contribution is 6.13. The van der Waals surface area contributed by atoms with Crippen molar-refractivity contribution in [2.75, 3.05) is 5.32 Å². The molecule has 0 bridgehead atoms. The SMILES string of the molecule is Cc1c(-c2cc(C(=O)Nc3ccc([N+](=O)[O-])cc3)c3ccccc3n2)cnn1C. The summed E-state index contributed by atoms with van der Waals surface area (Å²) >= 11 is 0. The van der Waals surface area contributed by atoms with Crippen LogP contribution < -0.4 is 5.32 Å². The Balaban J connectivity index is 1.76. The van der Waals surface area contributed by atoms with Crippen LogP contribution in [0.2, 0.25) is 0 Å². The zero-order valence-corrected chi connectivity index (χ0v) is 15.8. The van der Waals surface area contributed by atoms with Crippen molar-refractivity contribution in [1.29, 1.82) is 0 Å². The molecule has 8 nitrogen and oxygen atoms in total. The number of rotatable bonds is 4. The highest BCUT2D eigenvalue weighted by Crippen LogP contribution is 2.27. The van der Waals surface area contributed by atoms with Gasteiger partial charge in [0, 0.05) is 41.5 Å². The molecule has 4 aromatic rings. The number of benzene rings is 2. The highest BCUT2D eigenvalue weighted by Gasteiger charge is 2.17. The summed E-state index contributed by atoms with van der Waals surface area (Å²) in [5.74, 6) is -0.319. The molecule has 2 heterocycles. The number of non-ortho nitro benzene ring substituents is 1. The van der Waals surface area contributed by atoms with Crippen LogP contribution in [0.3, 0.4) is 0 Å². The van der Waals surface area contributed by atoms with Gasteiger partial charge in [-0.3, -0.25) is 19.6 Å². The topological polar surface area (TPSA) is 103 Å². The number of aryl methyl sites for hydroxylation is 1. The molecule has 1 amide bonds. The molecule has 1 N–H and O–H groups in total. The minimum atomic E-state index is -0.482. The van der Waals surface area contributed by atoms with Gasteiger partial charge in [-0.25, -0.2) is 4.98 Å². The van der Waals surface area contributed by atoms with Crippen molar-refractivity contribution < 1.29 is 9.72 Å². The van der Waals surface area contributed by atoms with E-state index < -0.39 is 4.92 Å². The van der Waals surface area contributed by atoms with Crippen molar-refractivity contribution in [3.05, 3.63) is 82.2 Å². The fourth-order valence-corrected chi connectivity index (χ4v) is 3.12. The lowest BCUT2D eigenvalue weighted by Crippen LogP contribution is -2.13. The van der Waals surface area contributed by atoms with Gasteiger partial charge in [0.05, 0.1) is 27.9 Å². The van der Waals surface area contributed by atoms with E-state index in [1.165, 1.54) is 24.3 Å². The fraction of sp³-hybridized carbons (Fsp3) is 0.0952. The lowest BCUT2D eigenvalue weighted by atomic mass is 10.0. The first-order chi connectivity index (χ1) is 13.9. The van der Waals surface area contributed by atoms with Crippen LogP contribution >= 0.6 is 0 Å². The summed E-state index contributed by atoms with van der Waals surface area (Å²) in [5.41, 5.74) is 4.04. The van der Waals surface area contributed by atoms with Crippen LogP contribution in [0.1, 0.15) is 16.1 Å². The maximum atomic E-state index is 13.0. The van der Waals surface area contributed by atoms with E-state index in [-0.39, 0.29) is 11.6 Å². The number of para-hydroxylation sites is 1. The number of hydrogen-bond donors (Lipinski definition) is 1. The van der Waals surface area contributed by atoms with E-state index in [1.807, 2.05) is 38.2 Å². The maximum absolute atomic E-state index is 13.0. The molecule has 0 unspecified atom stereocenters. The van der Waals surface area contributed by atoms with Crippen LogP contribution in [-0.4, -0.2) is 25.6 Å². The Kier molecular flexibility index (Phi) is 4.52. The number of pyridine rings is 1. The van der Waals surface area contributed by atoms with Gasteiger partial charge in [-0.05, 0) is 31.2 Å². The molecule has 2 aromatic carbocycles. The van der Waals surface area contributed by atoms with Crippen LogP contribution in [0.4, 0.5) is 11.4 Å². The molecule has 29 heavy (non-hydrogen) atoms. The number of nitrogens with one attached hydrogen (secondary N) is 1. The average Bonchev–Trinajstić information content (AvgIpc) is 3.06. The first-order valence-electron chi connectivity index (χ1n) is 8.88. The van der Waals surface area contributed by atoms with E-state index in [2.05, 4.69) is 10.4 Å². The number of nitro benzene ring substituents is 1. The number of fused-ring (bicyclic) bond motifs is 1. The Morgan fingerprint density at radius 2 is 1.86 bits per heavy atom. The molecule has 0 saturated carbocycles. The van der Waals surface area contributed by atoms with Crippen LogP contribution in [0, 0.1) is 17.0 Å². The minimum absolute atomic E-state index is 0.0355. The van der Waals surface area contributed by atoms with Gasteiger partial charge in [0.25, 0.3) is 11.6 Å². The summed E-state index contributed by atoms with van der Waals surface area (Å²) < 4.78 is 1.75. The van der Waals surface area contributed by atoms with Crippen LogP contribution in [-0.2, 0) is 7.05 Å². The van der Waals surface area contributed by atoms with Crippen molar-refractivity contribution >= 4 is 28.2 Å². The zero-order valence-electron chi connectivity index (χ0n) is 15.8. The molecule has 0 aliphatic carbocycles. The molecule has 8 heteroatoms. The van der Waals surface area contributed by atoms with E-state index in [0.717, 1.165) is 16.6 Å². The van der Waals surface area contributed by atoms with Gasteiger partial charge in [-0.1, -0.05) is 18.2 Å². The summed E-state index contributed by atoms with van der Waals surface area (Å²) in [5, 5.41) is 18.6. The normalized spacial score (nSPS) is 10.8. The molecule has 0 aliphatic rings. The van der Waals surface area contributed by atoms with Crippen molar-refractivity contribution in [3.63, 3.8) is 0 Å². The Morgan fingerprint density at radius 3 is 2.52 bits per heavy atom. The van der Waals surface area contributed by atoms with Crippen molar-refractivity contribution in [2.45, 2.75) is 6.92 Å². The number of nitro groups is 1. The van der Waals surface area contributed by atoms with E-state index in [0.29, 0.717) is 22.5 Å². The van der Waals surface area contributed by atoms with Crippen LogP contribution in [0.5, 0.6) is 0 Å². The molecular weight excluding hydrogens is 370 g/mol. The number of anilines is 1. The number of carbonyl (C=O) groups excluding carboxylic acids is 1. The van der Waals surface area contributed by atoms with Gasteiger partial charge in [0.1, 0.15) is 0 Å². The fourth-order valence-electron chi connectivity index (χ4n) is 3.12. The monoisotopic (exact) mass is 387 g/mol. The first-order valence-corrected chi connectivity index (χ1v) is 8.88. The molecule has 4 rings (SSSR count). The molecule has 0 aliphatic heterocycles. The second-order valence-corrected chi connectivity index (χ2v) is 6.60. The Labute approximate surface area is 166 Å². The summed E-state index contributed by atoms with van der Waals surface area (Å²) in [4.78, 5) is 28.0. The summed E-state index contributed by atoms with van der Waals surface area (Å²) in [7, 11) is 1.85. The van der Waals surface area contributed by atoms with Gasteiger partial charge in [-0.2, -0.15) is 5.10 Å². The molecule has 0 spiro atoms. The molecule has 0 saturated heterocycles. The standard InChI is InChI=1S/C21H17N5O3/c1-13-18(12-22-25(13)2)20-11-17(16-5-3-4-6-19(16)24-20)21(27)23-14-7-9-15(10-8-14)26(28)29/h3-12H,1-2H3,(H,23,27).